The van der Waals surface area contributed by atoms with Crippen LogP contribution in [0, 0.1) is 30.1 Å². The number of aryl methyl sites for hydroxylation is 1. The van der Waals surface area contributed by atoms with Crippen LogP contribution in [0.3, 0.4) is 0 Å². The van der Waals surface area contributed by atoms with Crippen molar-refractivity contribution in [2.24, 2.45) is 10.7 Å². The third kappa shape index (κ3) is 9.38. The monoisotopic (exact) mass is 629 g/mol. The molecule has 238 valence electrons. The lowest BCUT2D eigenvalue weighted by molar-refractivity contribution is -0.138. The molecule has 1 aromatic heterocycles. The van der Waals surface area contributed by atoms with E-state index in [1.807, 2.05) is 24.9 Å². The first-order valence-electron chi connectivity index (χ1n) is 14.4. The minimum absolute atomic E-state index is 0.0143. The van der Waals surface area contributed by atoms with E-state index in [1.165, 1.54) is 30.7 Å². The molecular weight excluding hydrogens is 595 g/mol. The largest absolute Gasteiger partial charge is 0.416 e. The average Bonchev–Trinajstić information content (AvgIpc) is 3.02. The van der Waals surface area contributed by atoms with E-state index in [9.17, 15) is 18.0 Å². The SMILES string of the molecule is CC(N)=C(C=NCC#N)Nc1ncc(C#Cc2cc(C(=O)Nc3ccc(CN4CCN(C)CC4)c(C(F)(F)F)c3)ccc2C)cn1. The van der Waals surface area contributed by atoms with Crippen LogP contribution < -0.4 is 16.4 Å². The van der Waals surface area contributed by atoms with Crippen LogP contribution in [0.4, 0.5) is 24.8 Å². The fourth-order valence-electron chi connectivity index (χ4n) is 4.53. The zero-order valence-corrected chi connectivity index (χ0v) is 25.7. The van der Waals surface area contributed by atoms with Gasteiger partial charge in [0.2, 0.25) is 5.95 Å². The Labute approximate surface area is 265 Å². The molecule has 46 heavy (non-hydrogen) atoms. The van der Waals surface area contributed by atoms with Crippen molar-refractivity contribution in [2.45, 2.75) is 26.6 Å². The number of carbonyl (C=O) groups is 1. The number of nitrogens with one attached hydrogen (secondary N) is 2. The van der Waals surface area contributed by atoms with Gasteiger partial charge < -0.3 is 21.3 Å². The Morgan fingerprint density at radius 2 is 1.80 bits per heavy atom. The molecule has 0 atom stereocenters. The summed E-state index contributed by atoms with van der Waals surface area (Å²) in [6.07, 6.45) is -0.116. The third-order valence-corrected chi connectivity index (χ3v) is 7.21. The van der Waals surface area contributed by atoms with Crippen molar-refractivity contribution in [1.29, 1.82) is 5.26 Å². The van der Waals surface area contributed by atoms with E-state index in [1.54, 1.807) is 25.1 Å². The normalized spacial score (nSPS) is 14.6. The Kier molecular flexibility index (Phi) is 11.1. The molecule has 0 bridgehead atoms. The Morgan fingerprint density at radius 1 is 1.09 bits per heavy atom. The highest BCUT2D eigenvalue weighted by atomic mass is 19.4. The molecular formula is C33H34F3N9O. The molecule has 1 saturated heterocycles. The van der Waals surface area contributed by atoms with Gasteiger partial charge in [-0.3, -0.25) is 14.7 Å². The van der Waals surface area contributed by atoms with E-state index in [2.05, 4.69) is 42.3 Å². The van der Waals surface area contributed by atoms with Gasteiger partial charge in [0.15, 0.2) is 0 Å². The maximum atomic E-state index is 14.0. The lowest BCUT2D eigenvalue weighted by Crippen LogP contribution is -2.44. The van der Waals surface area contributed by atoms with Gasteiger partial charge in [-0.25, -0.2) is 9.97 Å². The van der Waals surface area contributed by atoms with Gasteiger partial charge in [-0.05, 0) is 56.3 Å². The molecule has 0 radical (unpaired) electrons. The van der Waals surface area contributed by atoms with Gasteiger partial charge in [-0.2, -0.15) is 18.4 Å². The van der Waals surface area contributed by atoms with Crippen molar-refractivity contribution in [1.82, 2.24) is 19.8 Å². The molecule has 2 heterocycles. The van der Waals surface area contributed by atoms with E-state index in [-0.39, 0.29) is 35.9 Å². The number of likely N-dealkylation sites (N-methyl/N-ethyl adjacent to an activating group) is 1. The number of allylic oxidation sites excluding steroid dienone is 2. The standard InChI is InChI=1S/C33H34F3N9O/c1-22-4-6-26(16-25(22)7-5-24-18-40-32(41-19-24)43-30(23(2)38)20-39-11-10-37)31(46)42-28-9-8-27(29(17-28)33(34,35)36)21-45-14-12-44(3)13-15-45/h4,6,8-9,16-20H,11-15,21,38H2,1-3H3,(H,42,46)(H,40,41,43). The molecule has 1 fully saturated rings. The number of carbonyl (C=O) groups excluding carboxylic acids is 1. The number of nitriles is 1. The Hall–Kier alpha value is -5.24. The number of benzene rings is 2. The van der Waals surface area contributed by atoms with Crippen LogP contribution in [0.5, 0.6) is 0 Å². The molecule has 13 heteroatoms. The Morgan fingerprint density at radius 3 is 2.46 bits per heavy atom. The molecule has 4 N–H and O–H groups in total. The van der Waals surface area contributed by atoms with Crippen LogP contribution >= 0.6 is 0 Å². The van der Waals surface area contributed by atoms with Crippen molar-refractivity contribution in [2.75, 3.05) is 50.4 Å². The quantitative estimate of drug-likeness (QED) is 0.190. The van der Waals surface area contributed by atoms with Crippen LogP contribution in [0.1, 0.15) is 45.1 Å². The minimum atomic E-state index is -4.57. The molecule has 4 rings (SSSR count). The van der Waals surface area contributed by atoms with E-state index in [0.29, 0.717) is 35.6 Å². The van der Waals surface area contributed by atoms with Crippen LogP contribution in [-0.4, -0.2) is 71.7 Å². The van der Waals surface area contributed by atoms with Crippen molar-refractivity contribution in [3.63, 3.8) is 0 Å². The lowest BCUT2D eigenvalue weighted by atomic mass is 10.0. The fraction of sp³-hybridized carbons (Fsp3) is 0.303. The van der Waals surface area contributed by atoms with Gasteiger partial charge in [0.05, 0.1) is 22.9 Å². The van der Waals surface area contributed by atoms with Gasteiger partial charge in [0.1, 0.15) is 6.54 Å². The van der Waals surface area contributed by atoms with Gasteiger partial charge in [-0.15, -0.1) is 0 Å². The maximum absolute atomic E-state index is 14.0. The van der Waals surface area contributed by atoms with Crippen molar-refractivity contribution in [3.05, 3.63) is 93.6 Å². The zero-order valence-electron chi connectivity index (χ0n) is 25.7. The first kappa shape index (κ1) is 33.6. The molecule has 3 aromatic rings. The second kappa shape index (κ2) is 15.2. The smallest absolute Gasteiger partial charge is 0.401 e. The Balaban J connectivity index is 1.46. The number of rotatable bonds is 8. The number of nitrogens with zero attached hydrogens (tertiary/aromatic N) is 6. The van der Waals surface area contributed by atoms with Gasteiger partial charge in [0.25, 0.3) is 5.91 Å². The van der Waals surface area contributed by atoms with E-state index in [0.717, 1.165) is 24.7 Å². The second-order valence-corrected chi connectivity index (χ2v) is 10.8. The number of halogens is 3. The molecule has 0 saturated carbocycles. The lowest BCUT2D eigenvalue weighted by Gasteiger charge is -2.33. The van der Waals surface area contributed by atoms with Crippen molar-refractivity contribution in [3.8, 4) is 17.9 Å². The summed E-state index contributed by atoms with van der Waals surface area (Å²) in [5.41, 5.74) is 8.32. The van der Waals surface area contributed by atoms with Crippen LogP contribution in [0.15, 0.2) is 65.2 Å². The number of nitrogens with two attached hydrogens (primary N) is 1. The summed E-state index contributed by atoms with van der Waals surface area (Å²) in [5.74, 6) is 5.67. The molecule has 1 amide bonds. The molecule has 0 spiro atoms. The number of piperazine rings is 1. The molecule has 10 nitrogen and oxygen atoms in total. The van der Waals surface area contributed by atoms with Crippen molar-refractivity contribution >= 4 is 23.8 Å². The highest BCUT2D eigenvalue weighted by molar-refractivity contribution is 6.04. The summed E-state index contributed by atoms with van der Waals surface area (Å²) in [5, 5.41) is 14.2. The van der Waals surface area contributed by atoms with Crippen LogP contribution in [-0.2, 0) is 12.7 Å². The summed E-state index contributed by atoms with van der Waals surface area (Å²) >= 11 is 0. The average molecular weight is 630 g/mol. The van der Waals surface area contributed by atoms with Gasteiger partial charge in [0, 0.05) is 73.8 Å². The zero-order chi connectivity index (χ0) is 33.3. The number of alkyl halides is 3. The summed E-state index contributed by atoms with van der Waals surface area (Å²) in [6.45, 7) is 6.65. The summed E-state index contributed by atoms with van der Waals surface area (Å²) in [6, 6.07) is 10.7. The molecule has 1 aliphatic rings. The van der Waals surface area contributed by atoms with Gasteiger partial charge in [-0.1, -0.05) is 24.0 Å². The fourth-order valence-corrected chi connectivity index (χ4v) is 4.53. The number of anilines is 2. The van der Waals surface area contributed by atoms with Gasteiger partial charge >= 0.3 is 6.18 Å². The topological polar surface area (TPSA) is 136 Å². The van der Waals surface area contributed by atoms with E-state index >= 15 is 0 Å². The van der Waals surface area contributed by atoms with Crippen LogP contribution in [0.2, 0.25) is 0 Å². The molecule has 2 aromatic carbocycles. The predicted octanol–water partition coefficient (Wildman–Crippen LogP) is 4.40. The molecule has 0 aliphatic carbocycles. The van der Waals surface area contributed by atoms with Crippen molar-refractivity contribution < 1.29 is 18.0 Å². The van der Waals surface area contributed by atoms with Crippen LogP contribution in [0.25, 0.3) is 0 Å². The third-order valence-electron chi connectivity index (χ3n) is 7.21. The maximum Gasteiger partial charge on any atom is 0.416 e. The molecule has 1 aliphatic heterocycles. The number of amides is 1. The first-order valence-corrected chi connectivity index (χ1v) is 14.4. The second-order valence-electron chi connectivity index (χ2n) is 10.8. The minimum Gasteiger partial charge on any atom is -0.401 e. The Bertz CT molecular complexity index is 1720. The number of hydrogen-bond donors (Lipinski definition) is 3. The molecule has 0 unspecified atom stereocenters. The summed E-state index contributed by atoms with van der Waals surface area (Å²) < 4.78 is 42.0. The predicted molar refractivity (Wildman–Crippen MR) is 171 cm³/mol. The highest BCUT2D eigenvalue weighted by Gasteiger charge is 2.34. The number of aliphatic imine (C=N–C) groups is 1. The van der Waals surface area contributed by atoms with E-state index < -0.39 is 17.6 Å². The first-order chi connectivity index (χ1) is 21.9. The number of hydrogen-bond acceptors (Lipinski definition) is 9. The summed E-state index contributed by atoms with van der Waals surface area (Å²) in [7, 11) is 1.99. The highest BCUT2D eigenvalue weighted by Crippen LogP contribution is 2.34. The van der Waals surface area contributed by atoms with E-state index in [4.69, 9.17) is 11.0 Å². The summed E-state index contributed by atoms with van der Waals surface area (Å²) in [4.78, 5) is 29.6. The number of aromatic nitrogens is 2.